The Morgan fingerprint density at radius 1 is 1.37 bits per heavy atom. The molecule has 0 spiro atoms. The lowest BCUT2D eigenvalue weighted by molar-refractivity contribution is -0.117. The van der Waals surface area contributed by atoms with E-state index >= 15 is 0 Å². The molecule has 1 amide bonds. The third kappa shape index (κ3) is 2.41. The first-order valence-electron chi connectivity index (χ1n) is 5.51. The van der Waals surface area contributed by atoms with Gasteiger partial charge >= 0.3 is 10.2 Å². The Kier molecular flexibility index (Phi) is 3.23. The highest BCUT2D eigenvalue weighted by atomic mass is 32.2. The van der Waals surface area contributed by atoms with Gasteiger partial charge in [-0.2, -0.15) is 12.7 Å². The molecule has 1 aliphatic heterocycles. The predicted octanol–water partition coefficient (Wildman–Crippen LogP) is 0.563. The van der Waals surface area contributed by atoms with Crippen LogP contribution < -0.4 is 9.62 Å². The second kappa shape index (κ2) is 4.46. The third-order valence-corrected chi connectivity index (χ3v) is 4.38. The fourth-order valence-electron chi connectivity index (χ4n) is 1.87. The zero-order chi connectivity index (χ0) is 14.4. The molecule has 0 saturated carbocycles. The summed E-state index contributed by atoms with van der Waals surface area (Å²) in [4.78, 5) is 12.7. The molecule has 0 fully saturated rings. The van der Waals surface area contributed by atoms with Crippen LogP contribution in [0.4, 0.5) is 15.8 Å². The number of anilines is 2. The molecule has 0 aromatic heterocycles. The number of fused-ring (bicyclic) bond motifs is 1. The van der Waals surface area contributed by atoms with E-state index in [1.807, 2.05) is 0 Å². The smallest absolute Gasteiger partial charge is 0.301 e. The van der Waals surface area contributed by atoms with E-state index in [1.165, 1.54) is 32.1 Å². The molecule has 1 aromatic carbocycles. The zero-order valence-corrected chi connectivity index (χ0v) is 11.6. The van der Waals surface area contributed by atoms with Crippen molar-refractivity contribution in [1.82, 2.24) is 4.31 Å². The molecule has 1 aliphatic rings. The lowest BCUT2D eigenvalue weighted by Crippen LogP contribution is -2.29. The van der Waals surface area contributed by atoms with Crippen LogP contribution in [0.15, 0.2) is 12.1 Å². The molecule has 0 atom stereocenters. The molecule has 2 rings (SSSR count). The molecule has 0 unspecified atom stereocenters. The molecule has 1 heterocycles. The summed E-state index contributed by atoms with van der Waals surface area (Å²) in [6, 6.07) is 2.54. The summed E-state index contributed by atoms with van der Waals surface area (Å²) in [7, 11) is 0.522. The summed E-state index contributed by atoms with van der Waals surface area (Å²) in [5.74, 6) is -0.844. The third-order valence-electron chi connectivity index (χ3n) is 2.92. The van der Waals surface area contributed by atoms with Gasteiger partial charge < -0.3 is 4.90 Å². The van der Waals surface area contributed by atoms with Gasteiger partial charge in [-0.15, -0.1) is 0 Å². The van der Waals surface area contributed by atoms with Crippen molar-refractivity contribution in [2.45, 2.75) is 6.42 Å². The number of hydrogen-bond donors (Lipinski definition) is 1. The molecular weight excluding hydrogens is 273 g/mol. The number of carbonyl (C=O) groups excluding carboxylic acids is 1. The number of amides is 1. The van der Waals surface area contributed by atoms with E-state index in [2.05, 4.69) is 4.72 Å². The number of nitrogens with zero attached hydrogens (tertiary/aromatic N) is 2. The highest BCUT2D eigenvalue weighted by Gasteiger charge is 2.28. The minimum atomic E-state index is -3.69. The molecule has 0 saturated heterocycles. The van der Waals surface area contributed by atoms with Crippen LogP contribution in [0, 0.1) is 5.82 Å². The second-order valence-electron chi connectivity index (χ2n) is 4.48. The molecule has 104 valence electrons. The normalized spacial score (nSPS) is 15.0. The van der Waals surface area contributed by atoms with Gasteiger partial charge in [0, 0.05) is 27.2 Å². The van der Waals surface area contributed by atoms with Gasteiger partial charge in [-0.3, -0.25) is 9.52 Å². The first-order chi connectivity index (χ1) is 8.72. The van der Waals surface area contributed by atoms with E-state index in [4.69, 9.17) is 0 Å². The van der Waals surface area contributed by atoms with Gasteiger partial charge in [0.1, 0.15) is 5.82 Å². The standard InChI is InChI=1S/C11H14FN3O3S/c1-14(2)19(17,18)13-8-4-7-5-10(16)15(3)11(7)9(12)6-8/h4,6,13H,5H2,1-3H3. The van der Waals surface area contributed by atoms with E-state index < -0.39 is 16.0 Å². The van der Waals surface area contributed by atoms with Crippen molar-refractivity contribution in [3.8, 4) is 0 Å². The first-order valence-corrected chi connectivity index (χ1v) is 6.95. The predicted molar refractivity (Wildman–Crippen MR) is 69.7 cm³/mol. The highest BCUT2D eigenvalue weighted by Crippen LogP contribution is 2.33. The van der Waals surface area contributed by atoms with Gasteiger partial charge in [0.2, 0.25) is 5.91 Å². The largest absolute Gasteiger partial charge is 0.312 e. The number of hydrogen-bond acceptors (Lipinski definition) is 3. The molecule has 0 radical (unpaired) electrons. The van der Waals surface area contributed by atoms with E-state index in [9.17, 15) is 17.6 Å². The van der Waals surface area contributed by atoms with Crippen molar-refractivity contribution < 1.29 is 17.6 Å². The summed E-state index contributed by atoms with van der Waals surface area (Å²) >= 11 is 0. The van der Waals surface area contributed by atoms with Crippen molar-refractivity contribution in [3.63, 3.8) is 0 Å². The number of nitrogens with one attached hydrogen (secondary N) is 1. The van der Waals surface area contributed by atoms with Crippen LogP contribution in [0.5, 0.6) is 0 Å². The Hall–Kier alpha value is -1.67. The minimum Gasteiger partial charge on any atom is -0.312 e. The van der Waals surface area contributed by atoms with Crippen molar-refractivity contribution in [2.24, 2.45) is 0 Å². The number of benzene rings is 1. The van der Waals surface area contributed by atoms with Gasteiger partial charge in [0.15, 0.2) is 0 Å². The number of likely N-dealkylation sites (N-methyl/N-ethyl adjacent to an activating group) is 1. The fourth-order valence-corrected chi connectivity index (χ4v) is 2.47. The molecule has 19 heavy (non-hydrogen) atoms. The van der Waals surface area contributed by atoms with Gasteiger partial charge in [-0.05, 0) is 11.6 Å². The lowest BCUT2D eigenvalue weighted by atomic mass is 10.1. The van der Waals surface area contributed by atoms with E-state index in [-0.39, 0.29) is 23.7 Å². The summed E-state index contributed by atoms with van der Waals surface area (Å²) in [6.07, 6.45) is 0.0697. The molecular formula is C11H14FN3O3S. The maximum atomic E-state index is 13.9. The van der Waals surface area contributed by atoms with Crippen molar-refractivity contribution in [3.05, 3.63) is 23.5 Å². The quantitative estimate of drug-likeness (QED) is 0.883. The molecule has 1 N–H and O–H groups in total. The van der Waals surface area contributed by atoms with E-state index in [0.717, 1.165) is 10.4 Å². The van der Waals surface area contributed by atoms with Crippen molar-refractivity contribution >= 4 is 27.5 Å². The highest BCUT2D eigenvalue weighted by molar-refractivity contribution is 7.90. The minimum absolute atomic E-state index is 0.0697. The SMILES string of the molecule is CN1C(=O)Cc2cc(NS(=O)(=O)N(C)C)cc(F)c21. The summed E-state index contributed by atoms with van der Waals surface area (Å²) in [6.45, 7) is 0. The van der Waals surface area contributed by atoms with Gasteiger partial charge in [0.25, 0.3) is 0 Å². The number of rotatable bonds is 3. The van der Waals surface area contributed by atoms with E-state index in [1.54, 1.807) is 0 Å². The molecule has 0 bridgehead atoms. The van der Waals surface area contributed by atoms with Crippen LogP contribution in [-0.4, -0.2) is 39.8 Å². The second-order valence-corrected chi connectivity index (χ2v) is 6.37. The molecule has 6 nitrogen and oxygen atoms in total. The number of halogens is 1. The lowest BCUT2D eigenvalue weighted by Gasteiger charge is -2.15. The van der Waals surface area contributed by atoms with Gasteiger partial charge in [-0.25, -0.2) is 4.39 Å². The average Bonchev–Trinajstić information content (AvgIpc) is 2.53. The Balaban J connectivity index is 2.40. The van der Waals surface area contributed by atoms with Crippen LogP contribution in [0.3, 0.4) is 0 Å². The molecule has 8 heteroatoms. The number of carbonyl (C=O) groups is 1. The van der Waals surface area contributed by atoms with Crippen LogP contribution >= 0.6 is 0 Å². The summed E-state index contributed by atoms with van der Waals surface area (Å²) < 4.78 is 40.4. The Labute approximate surface area is 111 Å². The van der Waals surface area contributed by atoms with Gasteiger partial charge in [0.05, 0.1) is 17.8 Å². The maximum Gasteiger partial charge on any atom is 0.301 e. The van der Waals surface area contributed by atoms with E-state index in [0.29, 0.717) is 5.56 Å². The van der Waals surface area contributed by atoms with Crippen LogP contribution in [0.25, 0.3) is 0 Å². The van der Waals surface area contributed by atoms with Crippen LogP contribution in [0.2, 0.25) is 0 Å². The fraction of sp³-hybridized carbons (Fsp3) is 0.364. The zero-order valence-electron chi connectivity index (χ0n) is 10.8. The Morgan fingerprint density at radius 2 is 2.00 bits per heavy atom. The maximum absolute atomic E-state index is 13.9. The molecule has 0 aliphatic carbocycles. The van der Waals surface area contributed by atoms with Crippen molar-refractivity contribution in [1.29, 1.82) is 0 Å². The summed E-state index contributed by atoms with van der Waals surface area (Å²) in [5.41, 5.74) is 0.787. The molecule has 1 aromatic rings. The van der Waals surface area contributed by atoms with Gasteiger partial charge in [-0.1, -0.05) is 0 Å². The van der Waals surface area contributed by atoms with Crippen LogP contribution in [-0.2, 0) is 21.4 Å². The monoisotopic (exact) mass is 287 g/mol. The Morgan fingerprint density at radius 3 is 2.58 bits per heavy atom. The topological polar surface area (TPSA) is 69.7 Å². The Bertz CT molecular complexity index is 643. The average molecular weight is 287 g/mol. The van der Waals surface area contributed by atoms with Crippen LogP contribution in [0.1, 0.15) is 5.56 Å². The van der Waals surface area contributed by atoms with Crippen molar-refractivity contribution in [2.75, 3.05) is 30.8 Å². The first kappa shape index (κ1) is 13.8. The summed E-state index contributed by atoms with van der Waals surface area (Å²) in [5, 5.41) is 0.